The van der Waals surface area contributed by atoms with Crippen LogP contribution in [0, 0.1) is 5.82 Å². The van der Waals surface area contributed by atoms with Gasteiger partial charge in [0.2, 0.25) is 5.91 Å². The van der Waals surface area contributed by atoms with E-state index in [4.69, 9.17) is 5.73 Å². The van der Waals surface area contributed by atoms with E-state index in [1.807, 2.05) is 13.8 Å². The third kappa shape index (κ3) is 4.45. The number of hydrogen-bond acceptors (Lipinski definition) is 2. The molecule has 1 amide bonds. The summed E-state index contributed by atoms with van der Waals surface area (Å²) in [6.45, 7) is 4.43. The number of amides is 1. The molecule has 0 fully saturated rings. The van der Waals surface area contributed by atoms with E-state index >= 15 is 0 Å². The van der Waals surface area contributed by atoms with Crippen LogP contribution in [-0.2, 0) is 4.79 Å². The fourth-order valence-electron chi connectivity index (χ4n) is 1.83. The Hall–Kier alpha value is -1.42. The lowest BCUT2D eigenvalue weighted by atomic mass is 10.1. The molecule has 100 valence electrons. The van der Waals surface area contributed by atoms with Gasteiger partial charge >= 0.3 is 0 Å². The van der Waals surface area contributed by atoms with Gasteiger partial charge in [0.1, 0.15) is 5.82 Å². The first-order valence-electron chi connectivity index (χ1n) is 6.36. The minimum atomic E-state index is -0.292. The summed E-state index contributed by atoms with van der Waals surface area (Å²) < 4.78 is 12.8. The lowest BCUT2D eigenvalue weighted by Crippen LogP contribution is -2.30. The molecule has 0 saturated carbocycles. The van der Waals surface area contributed by atoms with Gasteiger partial charge in [-0.05, 0) is 51.0 Å². The van der Waals surface area contributed by atoms with Crippen LogP contribution < -0.4 is 10.6 Å². The van der Waals surface area contributed by atoms with E-state index in [-0.39, 0.29) is 17.8 Å². The number of nitrogens with zero attached hydrogens (tertiary/aromatic N) is 1. The molecule has 1 atom stereocenters. The highest BCUT2D eigenvalue weighted by Crippen LogP contribution is 2.16. The standard InChI is InChI=1S/C14H21FN2O/c1-3-17(13-9-7-12(15)8-10-13)14(18)6-4-5-11(2)16/h7-11H,3-6,16H2,1-2H3. The normalized spacial score (nSPS) is 12.2. The van der Waals surface area contributed by atoms with E-state index in [0.29, 0.717) is 13.0 Å². The molecular formula is C14H21FN2O. The first-order valence-corrected chi connectivity index (χ1v) is 6.36. The summed E-state index contributed by atoms with van der Waals surface area (Å²) in [4.78, 5) is 13.7. The number of nitrogens with two attached hydrogens (primary N) is 1. The van der Waals surface area contributed by atoms with E-state index in [2.05, 4.69) is 0 Å². The summed E-state index contributed by atoms with van der Waals surface area (Å²) in [6, 6.07) is 6.11. The number of anilines is 1. The highest BCUT2D eigenvalue weighted by Gasteiger charge is 2.13. The molecule has 0 aromatic heterocycles. The van der Waals surface area contributed by atoms with Crippen LogP contribution in [0.5, 0.6) is 0 Å². The molecule has 0 aliphatic rings. The molecule has 0 radical (unpaired) electrons. The van der Waals surface area contributed by atoms with Crippen molar-refractivity contribution >= 4 is 11.6 Å². The summed E-state index contributed by atoms with van der Waals surface area (Å²) in [6.07, 6.45) is 2.10. The van der Waals surface area contributed by atoms with Gasteiger partial charge in [-0.25, -0.2) is 4.39 Å². The van der Waals surface area contributed by atoms with E-state index in [1.54, 1.807) is 17.0 Å². The van der Waals surface area contributed by atoms with Crippen molar-refractivity contribution in [2.45, 2.75) is 39.2 Å². The minimum absolute atomic E-state index is 0.0600. The molecule has 1 aromatic rings. The Balaban J connectivity index is 2.60. The molecule has 3 nitrogen and oxygen atoms in total. The predicted octanol–water partition coefficient (Wildman–Crippen LogP) is 2.70. The summed E-state index contributed by atoms with van der Waals surface area (Å²) in [5, 5.41) is 0. The molecular weight excluding hydrogens is 231 g/mol. The van der Waals surface area contributed by atoms with Crippen LogP contribution >= 0.6 is 0 Å². The Morgan fingerprint density at radius 2 is 2.00 bits per heavy atom. The van der Waals surface area contributed by atoms with Crippen molar-refractivity contribution in [1.29, 1.82) is 0 Å². The first-order chi connectivity index (χ1) is 8.54. The van der Waals surface area contributed by atoms with E-state index in [0.717, 1.165) is 18.5 Å². The van der Waals surface area contributed by atoms with Crippen LogP contribution in [0.25, 0.3) is 0 Å². The van der Waals surface area contributed by atoms with Crippen molar-refractivity contribution in [2.24, 2.45) is 5.73 Å². The third-order valence-electron chi connectivity index (χ3n) is 2.81. The van der Waals surface area contributed by atoms with Gasteiger partial charge in [-0.1, -0.05) is 0 Å². The maximum atomic E-state index is 12.8. The monoisotopic (exact) mass is 252 g/mol. The van der Waals surface area contributed by atoms with Gasteiger partial charge < -0.3 is 10.6 Å². The number of benzene rings is 1. The van der Waals surface area contributed by atoms with Gasteiger partial charge in [-0.2, -0.15) is 0 Å². The zero-order valence-corrected chi connectivity index (χ0v) is 11.0. The highest BCUT2D eigenvalue weighted by molar-refractivity contribution is 5.93. The largest absolute Gasteiger partial charge is 0.328 e. The Bertz CT molecular complexity index is 376. The van der Waals surface area contributed by atoms with Gasteiger partial charge in [0.05, 0.1) is 0 Å². The lowest BCUT2D eigenvalue weighted by Gasteiger charge is -2.21. The number of rotatable bonds is 6. The van der Waals surface area contributed by atoms with E-state index < -0.39 is 0 Å². The molecule has 2 N–H and O–H groups in total. The van der Waals surface area contributed by atoms with Crippen molar-refractivity contribution in [1.82, 2.24) is 0 Å². The van der Waals surface area contributed by atoms with Crippen LogP contribution in [0.3, 0.4) is 0 Å². The zero-order chi connectivity index (χ0) is 13.5. The Morgan fingerprint density at radius 1 is 1.39 bits per heavy atom. The number of halogens is 1. The summed E-state index contributed by atoms with van der Waals surface area (Å²) in [5.74, 6) is -0.232. The van der Waals surface area contributed by atoms with Crippen LogP contribution in [-0.4, -0.2) is 18.5 Å². The summed E-state index contributed by atoms with van der Waals surface area (Å²) in [7, 11) is 0. The van der Waals surface area contributed by atoms with Crippen LogP contribution in [0.4, 0.5) is 10.1 Å². The topological polar surface area (TPSA) is 46.3 Å². The molecule has 4 heteroatoms. The predicted molar refractivity (Wildman–Crippen MR) is 71.9 cm³/mol. The maximum Gasteiger partial charge on any atom is 0.226 e. The second-order valence-corrected chi connectivity index (χ2v) is 4.48. The average Bonchev–Trinajstić information content (AvgIpc) is 2.32. The molecule has 0 aliphatic heterocycles. The Morgan fingerprint density at radius 3 is 2.50 bits per heavy atom. The number of carbonyl (C=O) groups excluding carboxylic acids is 1. The molecule has 0 heterocycles. The van der Waals surface area contributed by atoms with Gasteiger partial charge in [0.25, 0.3) is 0 Å². The molecule has 0 saturated heterocycles. The molecule has 18 heavy (non-hydrogen) atoms. The van der Waals surface area contributed by atoms with Crippen molar-refractivity contribution in [3.05, 3.63) is 30.1 Å². The lowest BCUT2D eigenvalue weighted by molar-refractivity contribution is -0.118. The van der Waals surface area contributed by atoms with Crippen molar-refractivity contribution in [2.75, 3.05) is 11.4 Å². The van der Waals surface area contributed by atoms with Crippen molar-refractivity contribution in [3.63, 3.8) is 0 Å². The molecule has 1 aromatic carbocycles. The van der Waals surface area contributed by atoms with Gasteiger partial charge in [0.15, 0.2) is 0 Å². The molecule has 0 aliphatic carbocycles. The van der Waals surface area contributed by atoms with E-state index in [1.165, 1.54) is 12.1 Å². The molecule has 1 rings (SSSR count). The fourth-order valence-corrected chi connectivity index (χ4v) is 1.83. The van der Waals surface area contributed by atoms with Crippen LogP contribution in [0.2, 0.25) is 0 Å². The fraction of sp³-hybridized carbons (Fsp3) is 0.500. The second-order valence-electron chi connectivity index (χ2n) is 4.48. The highest BCUT2D eigenvalue weighted by atomic mass is 19.1. The molecule has 0 spiro atoms. The summed E-state index contributed by atoms with van der Waals surface area (Å²) in [5.41, 5.74) is 6.39. The van der Waals surface area contributed by atoms with E-state index in [9.17, 15) is 9.18 Å². The number of carbonyl (C=O) groups is 1. The quantitative estimate of drug-likeness (QED) is 0.846. The number of hydrogen-bond donors (Lipinski definition) is 1. The average molecular weight is 252 g/mol. The molecule has 0 bridgehead atoms. The van der Waals surface area contributed by atoms with Gasteiger partial charge in [-0.3, -0.25) is 4.79 Å². The molecule has 1 unspecified atom stereocenters. The Labute approximate surface area is 108 Å². The van der Waals surface area contributed by atoms with Crippen molar-refractivity contribution in [3.8, 4) is 0 Å². The maximum absolute atomic E-state index is 12.8. The third-order valence-corrected chi connectivity index (χ3v) is 2.81. The SMILES string of the molecule is CCN(C(=O)CCCC(C)N)c1ccc(F)cc1. The second kappa shape index (κ2) is 7.11. The minimum Gasteiger partial charge on any atom is -0.328 e. The summed E-state index contributed by atoms with van der Waals surface area (Å²) >= 11 is 0. The van der Waals surface area contributed by atoms with Gasteiger partial charge in [-0.15, -0.1) is 0 Å². The van der Waals surface area contributed by atoms with Gasteiger partial charge in [0, 0.05) is 24.7 Å². The van der Waals surface area contributed by atoms with Crippen LogP contribution in [0.15, 0.2) is 24.3 Å². The first kappa shape index (κ1) is 14.6. The van der Waals surface area contributed by atoms with Crippen molar-refractivity contribution < 1.29 is 9.18 Å². The Kier molecular flexibility index (Phi) is 5.78. The smallest absolute Gasteiger partial charge is 0.226 e. The zero-order valence-electron chi connectivity index (χ0n) is 11.0. The van der Waals surface area contributed by atoms with Crippen LogP contribution in [0.1, 0.15) is 33.1 Å².